The van der Waals surface area contributed by atoms with Crippen LogP contribution in [0.3, 0.4) is 0 Å². The van der Waals surface area contributed by atoms with E-state index in [0.29, 0.717) is 12.2 Å². The van der Waals surface area contributed by atoms with Crippen molar-refractivity contribution in [1.29, 1.82) is 0 Å². The summed E-state index contributed by atoms with van der Waals surface area (Å²) in [6.45, 7) is 4.93. The van der Waals surface area contributed by atoms with Gasteiger partial charge >= 0.3 is 0 Å². The Morgan fingerprint density at radius 3 is 2.65 bits per heavy atom. The van der Waals surface area contributed by atoms with E-state index in [9.17, 15) is 4.39 Å². The first-order valence-electron chi connectivity index (χ1n) is 7.67. The zero-order valence-corrected chi connectivity index (χ0v) is 13.4. The highest BCUT2D eigenvalue weighted by Gasteiger charge is 2.12. The minimum absolute atomic E-state index is 0.141. The molecule has 2 aromatic rings. The van der Waals surface area contributed by atoms with Crippen LogP contribution in [-0.2, 0) is 6.54 Å². The van der Waals surface area contributed by atoms with Gasteiger partial charge in [0.25, 0.3) is 0 Å². The van der Waals surface area contributed by atoms with E-state index in [1.807, 2.05) is 18.2 Å². The van der Waals surface area contributed by atoms with Gasteiger partial charge in [0.15, 0.2) is 0 Å². The number of nitrogens with two attached hydrogens (primary N) is 1. The van der Waals surface area contributed by atoms with Gasteiger partial charge in [0.2, 0.25) is 0 Å². The number of nitrogens with one attached hydrogen (secondary N) is 2. The van der Waals surface area contributed by atoms with E-state index in [0.717, 1.165) is 16.6 Å². The largest absolute Gasteiger partial charge is 0.395 e. The summed E-state index contributed by atoms with van der Waals surface area (Å²) in [7, 11) is 0. The van der Waals surface area contributed by atoms with E-state index in [4.69, 9.17) is 5.73 Å². The predicted octanol–water partition coefficient (Wildman–Crippen LogP) is 2.72. The Kier molecular flexibility index (Phi) is 5.91. The number of hydrogen-bond donors (Lipinski definition) is 3. The lowest BCUT2D eigenvalue weighted by molar-refractivity contribution is 0.570. The van der Waals surface area contributed by atoms with Gasteiger partial charge in [-0.1, -0.05) is 26.3 Å². The standard InChI is InChI=1S/C14H14FN5.C3H8/c15-10-7-17-8-13(14(10)16)20-6-9-1-2-11-12(5-9)19-4-3-18-11;1-3-2/h1-5,8,17,20H,6-7,16H2;3H2,1-2H3. The van der Waals surface area contributed by atoms with Crippen LogP contribution in [0.15, 0.2) is 54.0 Å². The average Bonchev–Trinajstić information content (AvgIpc) is 2.57. The molecule has 0 saturated heterocycles. The summed E-state index contributed by atoms with van der Waals surface area (Å²) in [5.74, 6) is -0.348. The van der Waals surface area contributed by atoms with Gasteiger partial charge in [0.1, 0.15) is 5.83 Å². The maximum atomic E-state index is 13.4. The Bertz CT molecular complexity index is 724. The zero-order valence-electron chi connectivity index (χ0n) is 13.4. The average molecular weight is 315 g/mol. The normalized spacial score (nSPS) is 13.8. The van der Waals surface area contributed by atoms with E-state index < -0.39 is 0 Å². The van der Waals surface area contributed by atoms with E-state index in [1.165, 1.54) is 6.42 Å². The summed E-state index contributed by atoms with van der Waals surface area (Å²) in [5, 5.41) is 5.93. The lowest BCUT2D eigenvalue weighted by Crippen LogP contribution is -2.27. The predicted molar refractivity (Wildman–Crippen MR) is 90.7 cm³/mol. The van der Waals surface area contributed by atoms with Gasteiger partial charge in [-0.3, -0.25) is 9.97 Å². The smallest absolute Gasteiger partial charge is 0.144 e. The van der Waals surface area contributed by atoms with E-state index in [-0.39, 0.29) is 18.1 Å². The van der Waals surface area contributed by atoms with E-state index in [1.54, 1.807) is 18.6 Å². The van der Waals surface area contributed by atoms with Crippen LogP contribution in [0.1, 0.15) is 25.8 Å². The molecule has 0 saturated carbocycles. The SMILES string of the molecule is CCC.NC1=C(F)CNC=C1NCc1ccc2nccnc2c1. The second-order valence-electron chi connectivity index (χ2n) is 5.20. The van der Waals surface area contributed by atoms with Gasteiger partial charge in [-0.2, -0.15) is 0 Å². The number of benzene rings is 1. The van der Waals surface area contributed by atoms with Crippen molar-refractivity contribution in [3.05, 3.63) is 59.6 Å². The first-order chi connectivity index (χ1) is 11.2. The van der Waals surface area contributed by atoms with Crippen molar-refractivity contribution in [3.63, 3.8) is 0 Å². The third-order valence-corrected chi connectivity index (χ3v) is 3.10. The number of halogens is 1. The molecule has 3 rings (SSSR count). The quantitative estimate of drug-likeness (QED) is 0.812. The van der Waals surface area contributed by atoms with Crippen LogP contribution in [0.5, 0.6) is 0 Å². The molecule has 0 bridgehead atoms. The monoisotopic (exact) mass is 315 g/mol. The topological polar surface area (TPSA) is 75.9 Å². The second kappa shape index (κ2) is 8.12. The van der Waals surface area contributed by atoms with Gasteiger partial charge in [-0.25, -0.2) is 4.39 Å². The summed E-state index contributed by atoms with van der Waals surface area (Å²) in [5.41, 5.74) is 9.11. The molecule has 122 valence electrons. The molecular formula is C17H22FN5. The minimum atomic E-state index is -0.348. The number of fused-ring (bicyclic) bond motifs is 1. The van der Waals surface area contributed by atoms with Crippen molar-refractivity contribution in [2.24, 2.45) is 5.73 Å². The highest BCUT2D eigenvalue weighted by atomic mass is 19.1. The Labute approximate surface area is 135 Å². The van der Waals surface area contributed by atoms with Crippen molar-refractivity contribution in [2.75, 3.05) is 6.54 Å². The van der Waals surface area contributed by atoms with Crippen LogP contribution in [0.4, 0.5) is 4.39 Å². The van der Waals surface area contributed by atoms with Gasteiger partial charge in [0.05, 0.1) is 29.0 Å². The van der Waals surface area contributed by atoms with Crippen LogP contribution < -0.4 is 16.4 Å². The van der Waals surface area contributed by atoms with Crippen LogP contribution in [0.25, 0.3) is 11.0 Å². The molecule has 0 radical (unpaired) electrons. The second-order valence-corrected chi connectivity index (χ2v) is 5.20. The van der Waals surface area contributed by atoms with Crippen LogP contribution in [0, 0.1) is 0 Å². The summed E-state index contributed by atoms with van der Waals surface area (Å²) in [6.07, 6.45) is 6.25. The Morgan fingerprint density at radius 1 is 1.22 bits per heavy atom. The maximum absolute atomic E-state index is 13.4. The summed E-state index contributed by atoms with van der Waals surface area (Å²) >= 11 is 0. The van der Waals surface area contributed by atoms with Gasteiger partial charge < -0.3 is 16.4 Å². The highest BCUT2D eigenvalue weighted by Crippen LogP contribution is 2.14. The molecule has 0 fully saturated rings. The van der Waals surface area contributed by atoms with Crippen molar-refractivity contribution < 1.29 is 4.39 Å². The molecule has 1 aromatic heterocycles. The van der Waals surface area contributed by atoms with Crippen molar-refractivity contribution >= 4 is 11.0 Å². The number of hydrogen-bond acceptors (Lipinski definition) is 5. The molecule has 4 N–H and O–H groups in total. The Morgan fingerprint density at radius 2 is 1.91 bits per heavy atom. The lowest BCUT2D eigenvalue weighted by atomic mass is 10.1. The fourth-order valence-electron chi connectivity index (χ4n) is 2.02. The molecule has 1 aliphatic heterocycles. The summed E-state index contributed by atoms with van der Waals surface area (Å²) in [6, 6.07) is 5.81. The van der Waals surface area contributed by atoms with Crippen molar-refractivity contribution in [2.45, 2.75) is 26.8 Å². The molecule has 1 aromatic carbocycles. The van der Waals surface area contributed by atoms with Crippen LogP contribution >= 0.6 is 0 Å². The highest BCUT2D eigenvalue weighted by molar-refractivity contribution is 5.74. The Balaban J connectivity index is 0.000000595. The molecule has 0 spiro atoms. The number of dihydropyridines is 1. The molecule has 0 aliphatic carbocycles. The summed E-state index contributed by atoms with van der Waals surface area (Å²) in [4.78, 5) is 8.47. The fourth-order valence-corrected chi connectivity index (χ4v) is 2.02. The van der Waals surface area contributed by atoms with Crippen molar-refractivity contribution in [3.8, 4) is 0 Å². The zero-order chi connectivity index (χ0) is 16.7. The van der Waals surface area contributed by atoms with Gasteiger partial charge in [0, 0.05) is 25.1 Å². The molecule has 1 aliphatic rings. The number of aromatic nitrogens is 2. The van der Waals surface area contributed by atoms with Gasteiger partial charge in [-0.15, -0.1) is 0 Å². The first-order valence-corrected chi connectivity index (χ1v) is 7.67. The van der Waals surface area contributed by atoms with Gasteiger partial charge in [-0.05, 0) is 17.7 Å². The van der Waals surface area contributed by atoms with Crippen molar-refractivity contribution in [1.82, 2.24) is 20.6 Å². The molecule has 0 unspecified atom stereocenters. The molecule has 2 heterocycles. The van der Waals surface area contributed by atoms with E-state index >= 15 is 0 Å². The third kappa shape index (κ3) is 4.42. The molecular weight excluding hydrogens is 293 g/mol. The molecule has 5 nitrogen and oxygen atoms in total. The molecule has 0 amide bonds. The maximum Gasteiger partial charge on any atom is 0.144 e. The number of nitrogens with zero attached hydrogens (tertiary/aromatic N) is 2. The molecule has 23 heavy (non-hydrogen) atoms. The van der Waals surface area contributed by atoms with Crippen LogP contribution in [-0.4, -0.2) is 16.5 Å². The number of rotatable bonds is 3. The first kappa shape index (κ1) is 16.7. The fraction of sp³-hybridized carbons (Fsp3) is 0.294. The molecule has 0 atom stereocenters. The van der Waals surface area contributed by atoms with Crippen LogP contribution in [0.2, 0.25) is 0 Å². The molecule has 6 heteroatoms. The summed E-state index contributed by atoms with van der Waals surface area (Å²) < 4.78 is 13.4. The lowest BCUT2D eigenvalue weighted by Gasteiger charge is -2.17. The minimum Gasteiger partial charge on any atom is -0.395 e. The third-order valence-electron chi connectivity index (χ3n) is 3.10. The Hall–Kier alpha value is -2.63. The van der Waals surface area contributed by atoms with E-state index in [2.05, 4.69) is 34.4 Å².